The molecule has 0 saturated carbocycles. The van der Waals surface area contributed by atoms with E-state index in [9.17, 15) is 9.18 Å². The van der Waals surface area contributed by atoms with E-state index >= 15 is 0 Å². The van der Waals surface area contributed by atoms with E-state index in [1.165, 1.54) is 12.1 Å². The van der Waals surface area contributed by atoms with Gasteiger partial charge in [0.15, 0.2) is 11.5 Å². The van der Waals surface area contributed by atoms with Gasteiger partial charge in [-0.1, -0.05) is 6.92 Å². The summed E-state index contributed by atoms with van der Waals surface area (Å²) in [7, 11) is 3.20. The normalized spacial score (nSPS) is 15.7. The van der Waals surface area contributed by atoms with Crippen molar-refractivity contribution in [1.82, 2.24) is 4.90 Å². The zero-order chi connectivity index (χ0) is 20.1. The lowest BCUT2D eigenvalue weighted by Crippen LogP contribution is -2.42. The number of rotatable bonds is 7. The van der Waals surface area contributed by atoms with E-state index in [0.29, 0.717) is 30.2 Å². The van der Waals surface area contributed by atoms with E-state index < -0.39 is 0 Å². The highest BCUT2D eigenvalue weighted by atomic mass is 19.1. The number of amides is 1. The van der Waals surface area contributed by atoms with Gasteiger partial charge in [0, 0.05) is 13.0 Å². The SMILES string of the molecule is CCCC(=O)N1CCc2cc(OC)c(OC)cc2[C@H]1COc1ccc(F)cc1. The van der Waals surface area contributed by atoms with Gasteiger partial charge in [0.25, 0.3) is 0 Å². The number of hydrogen-bond acceptors (Lipinski definition) is 4. The number of nitrogens with zero attached hydrogens (tertiary/aromatic N) is 1. The van der Waals surface area contributed by atoms with Crippen LogP contribution in [0, 0.1) is 5.82 Å². The fourth-order valence-corrected chi connectivity index (χ4v) is 3.57. The van der Waals surface area contributed by atoms with Crippen LogP contribution in [0.5, 0.6) is 17.2 Å². The van der Waals surface area contributed by atoms with Gasteiger partial charge in [0.1, 0.15) is 18.2 Å². The molecule has 2 aromatic carbocycles. The van der Waals surface area contributed by atoms with Gasteiger partial charge >= 0.3 is 0 Å². The van der Waals surface area contributed by atoms with Crippen molar-refractivity contribution in [2.75, 3.05) is 27.4 Å². The number of methoxy groups -OCH3 is 2. The van der Waals surface area contributed by atoms with E-state index in [1.807, 2.05) is 24.0 Å². The molecule has 0 aromatic heterocycles. The minimum Gasteiger partial charge on any atom is -0.493 e. The summed E-state index contributed by atoms with van der Waals surface area (Å²) < 4.78 is 29.9. The number of carbonyl (C=O) groups excluding carboxylic acids is 1. The highest BCUT2D eigenvalue weighted by Gasteiger charge is 2.32. The monoisotopic (exact) mass is 387 g/mol. The second-order valence-corrected chi connectivity index (χ2v) is 6.77. The van der Waals surface area contributed by atoms with Crippen LogP contribution < -0.4 is 14.2 Å². The molecule has 28 heavy (non-hydrogen) atoms. The molecular weight excluding hydrogens is 361 g/mol. The van der Waals surface area contributed by atoms with Crippen molar-refractivity contribution in [2.24, 2.45) is 0 Å². The van der Waals surface area contributed by atoms with Gasteiger partial charge in [-0.25, -0.2) is 4.39 Å². The molecular formula is C22H26FNO4. The molecule has 0 aliphatic carbocycles. The van der Waals surface area contributed by atoms with E-state index in [4.69, 9.17) is 14.2 Å². The van der Waals surface area contributed by atoms with Gasteiger partial charge in [0.05, 0.1) is 20.3 Å². The Morgan fingerprint density at radius 3 is 2.46 bits per heavy atom. The topological polar surface area (TPSA) is 48.0 Å². The van der Waals surface area contributed by atoms with Crippen LogP contribution in [-0.4, -0.2) is 38.2 Å². The lowest BCUT2D eigenvalue weighted by atomic mass is 9.91. The number of halogens is 1. The number of hydrogen-bond donors (Lipinski definition) is 0. The quantitative estimate of drug-likeness (QED) is 0.716. The second-order valence-electron chi connectivity index (χ2n) is 6.77. The Labute approximate surface area is 165 Å². The van der Waals surface area contributed by atoms with Gasteiger partial charge in [-0.3, -0.25) is 4.79 Å². The summed E-state index contributed by atoms with van der Waals surface area (Å²) in [5, 5.41) is 0. The van der Waals surface area contributed by atoms with Crippen LogP contribution >= 0.6 is 0 Å². The summed E-state index contributed by atoms with van der Waals surface area (Å²) in [6.45, 7) is 2.90. The molecule has 6 heteroatoms. The van der Waals surface area contributed by atoms with Crippen molar-refractivity contribution >= 4 is 5.91 Å². The van der Waals surface area contributed by atoms with Gasteiger partial charge < -0.3 is 19.1 Å². The summed E-state index contributed by atoms with van der Waals surface area (Å²) in [6.07, 6.45) is 2.04. The molecule has 0 bridgehead atoms. The fourth-order valence-electron chi connectivity index (χ4n) is 3.57. The third kappa shape index (κ3) is 4.21. The van der Waals surface area contributed by atoms with Crippen molar-refractivity contribution in [3.8, 4) is 17.2 Å². The molecule has 0 fully saturated rings. The molecule has 0 N–H and O–H groups in total. The minimum atomic E-state index is -0.313. The zero-order valence-electron chi connectivity index (χ0n) is 16.5. The summed E-state index contributed by atoms with van der Waals surface area (Å²) in [6, 6.07) is 9.56. The van der Waals surface area contributed by atoms with Crippen LogP contribution in [0.2, 0.25) is 0 Å². The van der Waals surface area contributed by atoms with Crippen molar-refractivity contribution < 1.29 is 23.4 Å². The first-order valence-electron chi connectivity index (χ1n) is 9.50. The molecule has 1 amide bonds. The molecule has 5 nitrogen and oxygen atoms in total. The van der Waals surface area contributed by atoms with Gasteiger partial charge in [0.2, 0.25) is 5.91 Å². The molecule has 0 spiro atoms. The molecule has 1 heterocycles. The highest BCUT2D eigenvalue weighted by Crippen LogP contribution is 2.38. The van der Waals surface area contributed by atoms with E-state index in [-0.39, 0.29) is 24.4 Å². The predicted octanol–water partition coefficient (Wildman–Crippen LogP) is 4.15. The molecule has 3 rings (SSSR count). The lowest BCUT2D eigenvalue weighted by molar-refractivity contribution is -0.135. The third-order valence-electron chi connectivity index (χ3n) is 5.01. The van der Waals surface area contributed by atoms with E-state index in [1.54, 1.807) is 26.4 Å². The first-order valence-corrected chi connectivity index (χ1v) is 9.50. The van der Waals surface area contributed by atoms with Gasteiger partial charge in [-0.05, 0) is 60.4 Å². The molecule has 2 aromatic rings. The standard InChI is InChI=1S/C22H26FNO4/c1-4-5-22(25)24-11-10-15-12-20(26-2)21(27-3)13-18(15)19(24)14-28-17-8-6-16(23)7-9-17/h6-9,12-13,19H,4-5,10-11,14H2,1-3H3/t19-/m1/s1. The molecule has 0 unspecified atom stereocenters. The number of benzene rings is 2. The van der Waals surface area contributed by atoms with Crippen molar-refractivity contribution in [1.29, 1.82) is 0 Å². The van der Waals surface area contributed by atoms with Crippen LogP contribution in [0.1, 0.15) is 36.9 Å². The lowest BCUT2D eigenvalue weighted by Gasteiger charge is -2.37. The number of carbonyl (C=O) groups is 1. The molecule has 0 radical (unpaired) electrons. The average Bonchev–Trinajstić information content (AvgIpc) is 2.72. The Morgan fingerprint density at radius 1 is 1.14 bits per heavy atom. The Balaban J connectivity index is 1.92. The van der Waals surface area contributed by atoms with Crippen molar-refractivity contribution in [2.45, 2.75) is 32.2 Å². The largest absolute Gasteiger partial charge is 0.493 e. The summed E-state index contributed by atoms with van der Waals surface area (Å²) >= 11 is 0. The second kappa shape index (κ2) is 8.95. The summed E-state index contributed by atoms with van der Waals surface area (Å²) in [4.78, 5) is 14.6. The number of fused-ring (bicyclic) bond motifs is 1. The van der Waals surface area contributed by atoms with Gasteiger partial charge in [-0.15, -0.1) is 0 Å². The molecule has 1 aliphatic heterocycles. The smallest absolute Gasteiger partial charge is 0.223 e. The molecule has 0 saturated heterocycles. The maximum Gasteiger partial charge on any atom is 0.223 e. The molecule has 1 aliphatic rings. The van der Waals surface area contributed by atoms with Crippen LogP contribution in [0.3, 0.4) is 0 Å². The Hall–Kier alpha value is -2.76. The molecule has 150 valence electrons. The van der Waals surface area contributed by atoms with Crippen LogP contribution in [0.4, 0.5) is 4.39 Å². The highest BCUT2D eigenvalue weighted by molar-refractivity contribution is 5.77. The summed E-state index contributed by atoms with van der Waals surface area (Å²) in [5.74, 6) is 1.66. The van der Waals surface area contributed by atoms with Crippen LogP contribution in [-0.2, 0) is 11.2 Å². The Bertz CT molecular complexity index is 822. The van der Waals surface area contributed by atoms with E-state index in [0.717, 1.165) is 24.0 Å². The maximum atomic E-state index is 13.2. The minimum absolute atomic E-state index is 0.107. The zero-order valence-corrected chi connectivity index (χ0v) is 16.5. The average molecular weight is 387 g/mol. The van der Waals surface area contributed by atoms with Crippen molar-refractivity contribution in [3.63, 3.8) is 0 Å². The maximum absolute atomic E-state index is 13.2. The predicted molar refractivity (Wildman–Crippen MR) is 105 cm³/mol. The first kappa shape index (κ1) is 20.0. The van der Waals surface area contributed by atoms with Crippen LogP contribution in [0.25, 0.3) is 0 Å². The Morgan fingerprint density at radius 2 is 1.82 bits per heavy atom. The van der Waals surface area contributed by atoms with Crippen LogP contribution in [0.15, 0.2) is 36.4 Å². The number of ether oxygens (including phenoxy) is 3. The van der Waals surface area contributed by atoms with Gasteiger partial charge in [-0.2, -0.15) is 0 Å². The third-order valence-corrected chi connectivity index (χ3v) is 5.01. The van der Waals surface area contributed by atoms with E-state index in [2.05, 4.69) is 0 Å². The molecule has 1 atom stereocenters. The fraction of sp³-hybridized carbons (Fsp3) is 0.409. The Kier molecular flexibility index (Phi) is 6.39. The first-order chi connectivity index (χ1) is 13.6. The summed E-state index contributed by atoms with van der Waals surface area (Å²) in [5.41, 5.74) is 2.11. The van der Waals surface area contributed by atoms with Crippen molar-refractivity contribution in [3.05, 3.63) is 53.3 Å².